The summed E-state index contributed by atoms with van der Waals surface area (Å²) in [5, 5.41) is 3.46. The highest BCUT2D eigenvalue weighted by molar-refractivity contribution is 5.65. The third kappa shape index (κ3) is 4.01. The summed E-state index contributed by atoms with van der Waals surface area (Å²) in [5.74, 6) is 0. The lowest BCUT2D eigenvalue weighted by Crippen LogP contribution is -2.06. The maximum atomic E-state index is 4.26. The third-order valence-electron chi connectivity index (χ3n) is 3.92. The summed E-state index contributed by atoms with van der Waals surface area (Å²) in [5.41, 5.74) is 8.86. The van der Waals surface area contributed by atoms with Gasteiger partial charge in [-0.2, -0.15) is 0 Å². The minimum atomic E-state index is 0.874. The number of rotatable bonds is 4. The van der Waals surface area contributed by atoms with Crippen molar-refractivity contribution < 1.29 is 0 Å². The minimum Gasteiger partial charge on any atom is -0.355 e. The first-order chi connectivity index (χ1) is 10.9. The number of hydrogen-bond donors (Lipinski definition) is 1. The lowest BCUT2D eigenvalue weighted by molar-refractivity contribution is 1.26. The zero-order valence-electron chi connectivity index (χ0n) is 14.5. The summed E-state index contributed by atoms with van der Waals surface area (Å²) < 4.78 is 0. The first-order valence-corrected chi connectivity index (χ1v) is 7.86. The highest BCUT2D eigenvalue weighted by Gasteiger charge is 2.12. The maximum Gasteiger partial charge on any atom is 0.0414 e. The van der Waals surface area contributed by atoms with Gasteiger partial charge >= 0.3 is 0 Å². The highest BCUT2D eigenvalue weighted by atomic mass is 14.9. The molecule has 0 heterocycles. The Balaban J connectivity index is 2.42. The molecular weight excluding hydrogens is 278 g/mol. The topological polar surface area (TPSA) is 12.0 Å². The van der Waals surface area contributed by atoms with Crippen molar-refractivity contribution >= 4 is 5.69 Å². The van der Waals surface area contributed by atoms with Crippen LogP contribution in [0.4, 0.5) is 5.69 Å². The second-order valence-corrected chi connectivity index (χ2v) is 6.08. The van der Waals surface area contributed by atoms with Crippen LogP contribution in [0.5, 0.6) is 0 Å². The number of anilines is 1. The van der Waals surface area contributed by atoms with E-state index in [4.69, 9.17) is 0 Å². The third-order valence-corrected chi connectivity index (χ3v) is 3.92. The zero-order valence-corrected chi connectivity index (χ0v) is 14.5. The summed E-state index contributed by atoms with van der Waals surface area (Å²) in [6.45, 7) is 16.8. The van der Waals surface area contributed by atoms with Crippen LogP contribution in [0.15, 0.2) is 89.7 Å². The van der Waals surface area contributed by atoms with E-state index in [0.717, 1.165) is 28.1 Å². The summed E-state index contributed by atoms with van der Waals surface area (Å²) >= 11 is 0. The standard InChI is InChI=1S/C22H25N/c1-15(2)22(20-11-9-7-8-10-17(20)4)19(6)23-21-13-12-16(3)14-18(21)5/h7-14,23H,1,6H2,2-5H3/b22-20+. The summed E-state index contributed by atoms with van der Waals surface area (Å²) in [4.78, 5) is 0. The number of allylic oxidation sites excluding steroid dienone is 8. The van der Waals surface area contributed by atoms with Crippen LogP contribution >= 0.6 is 0 Å². The largest absolute Gasteiger partial charge is 0.355 e. The molecule has 0 amide bonds. The highest BCUT2D eigenvalue weighted by Crippen LogP contribution is 2.29. The molecule has 0 fully saturated rings. The first-order valence-electron chi connectivity index (χ1n) is 7.86. The van der Waals surface area contributed by atoms with Gasteiger partial charge in [0.1, 0.15) is 0 Å². The van der Waals surface area contributed by atoms with E-state index < -0.39 is 0 Å². The van der Waals surface area contributed by atoms with E-state index in [1.165, 1.54) is 16.7 Å². The maximum absolute atomic E-state index is 4.26. The Morgan fingerprint density at radius 3 is 2.39 bits per heavy atom. The molecule has 1 N–H and O–H groups in total. The Morgan fingerprint density at radius 2 is 1.74 bits per heavy atom. The van der Waals surface area contributed by atoms with E-state index in [1.54, 1.807) is 0 Å². The van der Waals surface area contributed by atoms with Crippen LogP contribution in [0.1, 0.15) is 25.0 Å². The van der Waals surface area contributed by atoms with Gasteiger partial charge in [-0.3, -0.25) is 0 Å². The number of aryl methyl sites for hydroxylation is 2. The van der Waals surface area contributed by atoms with Crippen LogP contribution in [-0.2, 0) is 0 Å². The minimum absolute atomic E-state index is 0.874. The molecule has 0 saturated carbocycles. The molecule has 1 nitrogen and oxygen atoms in total. The van der Waals surface area contributed by atoms with E-state index >= 15 is 0 Å². The van der Waals surface area contributed by atoms with Gasteiger partial charge in [-0.05, 0) is 56.0 Å². The predicted octanol–water partition coefficient (Wildman–Crippen LogP) is 6.17. The van der Waals surface area contributed by atoms with Crippen LogP contribution in [0.3, 0.4) is 0 Å². The van der Waals surface area contributed by atoms with Crippen molar-refractivity contribution in [2.24, 2.45) is 0 Å². The van der Waals surface area contributed by atoms with Crippen molar-refractivity contribution in [3.63, 3.8) is 0 Å². The molecule has 0 bridgehead atoms. The van der Waals surface area contributed by atoms with E-state index in [2.05, 4.69) is 81.7 Å². The van der Waals surface area contributed by atoms with Gasteiger partial charge in [0.2, 0.25) is 0 Å². The molecule has 0 atom stereocenters. The number of nitrogens with one attached hydrogen (secondary N) is 1. The van der Waals surface area contributed by atoms with E-state index in [0.29, 0.717) is 0 Å². The van der Waals surface area contributed by atoms with Gasteiger partial charge in [0.25, 0.3) is 0 Å². The Kier molecular flexibility index (Phi) is 5.23. The van der Waals surface area contributed by atoms with Crippen molar-refractivity contribution in [1.29, 1.82) is 0 Å². The van der Waals surface area contributed by atoms with Crippen LogP contribution in [-0.4, -0.2) is 0 Å². The lowest BCUT2D eigenvalue weighted by atomic mass is 9.94. The van der Waals surface area contributed by atoms with Gasteiger partial charge in [-0.15, -0.1) is 0 Å². The monoisotopic (exact) mass is 303 g/mol. The summed E-state index contributed by atoms with van der Waals surface area (Å²) in [6, 6.07) is 6.38. The quantitative estimate of drug-likeness (QED) is 0.701. The SMILES string of the molecule is C=C(C)/C(C(=C)Nc1ccc(C)cc1C)=C1/C=CC=CC=C1C. The fraction of sp³-hybridized carbons (Fsp3) is 0.182. The van der Waals surface area contributed by atoms with Crippen molar-refractivity contribution in [2.45, 2.75) is 27.7 Å². The van der Waals surface area contributed by atoms with Gasteiger partial charge in [0.05, 0.1) is 0 Å². The molecule has 23 heavy (non-hydrogen) atoms. The van der Waals surface area contributed by atoms with E-state index in [-0.39, 0.29) is 0 Å². The normalized spacial score (nSPS) is 15.7. The van der Waals surface area contributed by atoms with Crippen LogP contribution < -0.4 is 5.32 Å². The molecule has 1 aromatic rings. The Hall–Kier alpha value is -2.54. The smallest absolute Gasteiger partial charge is 0.0414 e. The molecule has 0 saturated heterocycles. The van der Waals surface area contributed by atoms with Crippen LogP contribution in [0.25, 0.3) is 0 Å². The van der Waals surface area contributed by atoms with E-state index in [9.17, 15) is 0 Å². The molecule has 1 aliphatic carbocycles. The Labute approximate surface area is 140 Å². The summed E-state index contributed by atoms with van der Waals surface area (Å²) in [6.07, 6.45) is 10.4. The molecule has 0 aromatic heterocycles. The molecule has 1 aromatic carbocycles. The Bertz CT molecular complexity index is 767. The average molecular weight is 303 g/mol. The number of benzene rings is 1. The molecule has 0 spiro atoms. The van der Waals surface area contributed by atoms with Gasteiger partial charge in [0.15, 0.2) is 0 Å². The van der Waals surface area contributed by atoms with Gasteiger partial charge in [-0.1, -0.05) is 61.2 Å². The predicted molar refractivity (Wildman–Crippen MR) is 103 cm³/mol. The van der Waals surface area contributed by atoms with Crippen molar-refractivity contribution in [3.05, 3.63) is 101 Å². The molecule has 0 radical (unpaired) electrons. The molecule has 2 rings (SSSR count). The van der Waals surface area contributed by atoms with Crippen LogP contribution in [0.2, 0.25) is 0 Å². The van der Waals surface area contributed by atoms with Gasteiger partial charge < -0.3 is 5.32 Å². The molecular formula is C22H25N. The average Bonchev–Trinajstić information content (AvgIpc) is 2.67. The van der Waals surface area contributed by atoms with Gasteiger partial charge in [-0.25, -0.2) is 0 Å². The summed E-state index contributed by atoms with van der Waals surface area (Å²) in [7, 11) is 0. The van der Waals surface area contributed by atoms with Crippen molar-refractivity contribution in [3.8, 4) is 0 Å². The fourth-order valence-electron chi connectivity index (χ4n) is 2.75. The van der Waals surface area contributed by atoms with E-state index in [1.807, 2.05) is 13.0 Å². The van der Waals surface area contributed by atoms with Crippen molar-refractivity contribution in [1.82, 2.24) is 0 Å². The first kappa shape index (κ1) is 16.8. The molecule has 1 heteroatoms. The molecule has 0 aliphatic heterocycles. The van der Waals surface area contributed by atoms with Crippen molar-refractivity contribution in [2.75, 3.05) is 5.32 Å². The fourth-order valence-corrected chi connectivity index (χ4v) is 2.75. The van der Waals surface area contributed by atoms with Gasteiger partial charge in [0, 0.05) is 17.0 Å². The molecule has 0 unspecified atom stereocenters. The second-order valence-electron chi connectivity index (χ2n) is 6.08. The molecule has 1 aliphatic rings. The van der Waals surface area contributed by atoms with Crippen LogP contribution in [0, 0.1) is 13.8 Å². The zero-order chi connectivity index (χ0) is 17.0. The number of hydrogen-bond acceptors (Lipinski definition) is 1. The second kappa shape index (κ2) is 7.15. The lowest BCUT2D eigenvalue weighted by Gasteiger charge is -2.19. The molecule has 118 valence electrons. The Morgan fingerprint density at radius 1 is 1.00 bits per heavy atom.